The Morgan fingerprint density at radius 3 is 2.08 bits per heavy atom. The number of hydrogen-bond acceptors (Lipinski definition) is 0. The minimum Gasteiger partial charge on any atom is -1.00 e. The van der Waals surface area contributed by atoms with Crippen molar-refractivity contribution in [3.05, 3.63) is 108 Å². The molecule has 0 fully saturated rings. The molecule has 0 N–H and O–H groups in total. The standard InChI is InChI=1S/C14H13.C9H7.2ClH.Zr/c1-11(2)13-8-9-14(10-13)12-6-4-3-5-7-12;1-2-5-9-7-3-6-8(9)4-1;;;/h3-9H,1-2H3;1-7H;2*1H;/q2*-1;;;+4/p-2. The van der Waals surface area contributed by atoms with E-state index in [0.717, 1.165) is 0 Å². The van der Waals surface area contributed by atoms with Gasteiger partial charge >= 0.3 is 26.2 Å². The molecule has 0 bridgehead atoms. The molecule has 130 valence electrons. The summed E-state index contributed by atoms with van der Waals surface area (Å²) >= 11 is 0. The van der Waals surface area contributed by atoms with E-state index in [-0.39, 0.29) is 51.0 Å². The second kappa shape index (κ2) is 12.2. The molecular formula is C23H20Cl2Zr. The van der Waals surface area contributed by atoms with Crippen LogP contribution in [0.25, 0.3) is 16.3 Å². The zero-order valence-corrected chi connectivity index (χ0v) is 18.8. The van der Waals surface area contributed by atoms with Crippen molar-refractivity contribution in [3.63, 3.8) is 0 Å². The van der Waals surface area contributed by atoms with Gasteiger partial charge in [-0.2, -0.15) is 29.7 Å². The largest absolute Gasteiger partial charge is 4.00 e. The Balaban J connectivity index is 0.000000460. The van der Waals surface area contributed by atoms with E-state index in [4.69, 9.17) is 0 Å². The number of benzene rings is 2. The van der Waals surface area contributed by atoms with Gasteiger partial charge in [-0.05, 0) is 0 Å². The second-order valence-corrected chi connectivity index (χ2v) is 5.81. The Hall–Kier alpha value is -1.27. The van der Waals surface area contributed by atoms with Crippen molar-refractivity contribution in [1.82, 2.24) is 0 Å². The Bertz CT molecular complexity index is 852. The summed E-state index contributed by atoms with van der Waals surface area (Å²) in [4.78, 5) is 0. The number of rotatable bonds is 1. The predicted molar refractivity (Wildman–Crippen MR) is 100 cm³/mol. The molecule has 0 saturated heterocycles. The van der Waals surface area contributed by atoms with Crippen molar-refractivity contribution in [2.45, 2.75) is 13.8 Å². The minimum atomic E-state index is 0. The van der Waals surface area contributed by atoms with Gasteiger partial charge in [0, 0.05) is 0 Å². The number of hydrogen-bond donors (Lipinski definition) is 0. The number of allylic oxidation sites excluding steroid dienone is 6. The average Bonchev–Trinajstić information content (AvgIpc) is 3.26. The van der Waals surface area contributed by atoms with E-state index in [1.807, 2.05) is 6.07 Å². The van der Waals surface area contributed by atoms with E-state index in [1.54, 1.807) is 0 Å². The molecule has 4 rings (SSSR count). The molecule has 0 spiro atoms. The van der Waals surface area contributed by atoms with Crippen LogP contribution >= 0.6 is 0 Å². The number of fused-ring (bicyclic) bond motifs is 1. The molecular weight excluding hydrogens is 438 g/mol. The van der Waals surface area contributed by atoms with Crippen LogP contribution in [0.1, 0.15) is 19.4 Å². The van der Waals surface area contributed by atoms with Crippen LogP contribution in [0.15, 0.2) is 96.1 Å². The van der Waals surface area contributed by atoms with Crippen LogP contribution in [0.5, 0.6) is 0 Å². The summed E-state index contributed by atoms with van der Waals surface area (Å²) in [5.74, 6) is 0. The smallest absolute Gasteiger partial charge is 1.00 e. The van der Waals surface area contributed by atoms with Gasteiger partial charge in [0.1, 0.15) is 0 Å². The first-order valence-electron chi connectivity index (χ1n) is 7.89. The molecule has 0 heterocycles. The van der Waals surface area contributed by atoms with E-state index in [9.17, 15) is 0 Å². The van der Waals surface area contributed by atoms with Gasteiger partial charge in [0.05, 0.1) is 0 Å². The summed E-state index contributed by atoms with van der Waals surface area (Å²) < 4.78 is 0. The Kier molecular flexibility index (Phi) is 11.6. The van der Waals surface area contributed by atoms with Crippen LogP contribution in [0.3, 0.4) is 0 Å². The summed E-state index contributed by atoms with van der Waals surface area (Å²) in [5.41, 5.74) is 4.94. The minimum absolute atomic E-state index is 0. The molecule has 1 aliphatic carbocycles. The van der Waals surface area contributed by atoms with Crippen molar-refractivity contribution in [2.75, 3.05) is 0 Å². The van der Waals surface area contributed by atoms with Crippen molar-refractivity contribution < 1.29 is 51.0 Å². The molecule has 0 nitrogen and oxygen atoms in total. The molecule has 1 aliphatic rings. The first-order valence-corrected chi connectivity index (χ1v) is 7.89. The maximum Gasteiger partial charge on any atom is 4.00 e. The van der Waals surface area contributed by atoms with Gasteiger partial charge in [-0.1, -0.05) is 55.8 Å². The zero-order chi connectivity index (χ0) is 16.1. The van der Waals surface area contributed by atoms with Crippen LogP contribution in [0.2, 0.25) is 0 Å². The van der Waals surface area contributed by atoms with Crippen LogP contribution in [-0.2, 0) is 26.2 Å². The van der Waals surface area contributed by atoms with Crippen molar-refractivity contribution in [3.8, 4) is 0 Å². The van der Waals surface area contributed by atoms with Crippen LogP contribution in [0.4, 0.5) is 0 Å². The van der Waals surface area contributed by atoms with E-state index in [1.165, 1.54) is 33.1 Å². The Labute approximate surface area is 188 Å². The predicted octanol–water partition coefficient (Wildman–Crippen LogP) is 0.344. The molecule has 3 aromatic carbocycles. The molecule has 0 saturated carbocycles. The van der Waals surface area contributed by atoms with Gasteiger partial charge in [0.2, 0.25) is 0 Å². The van der Waals surface area contributed by atoms with Gasteiger partial charge in [0.15, 0.2) is 0 Å². The number of halogens is 2. The third kappa shape index (κ3) is 6.47. The third-order valence-corrected chi connectivity index (χ3v) is 3.86. The van der Waals surface area contributed by atoms with E-state index < -0.39 is 0 Å². The van der Waals surface area contributed by atoms with E-state index in [0.29, 0.717) is 0 Å². The third-order valence-electron chi connectivity index (χ3n) is 3.86. The fraction of sp³-hybridized carbons (Fsp3) is 0.0870. The molecule has 3 heteroatoms. The van der Waals surface area contributed by atoms with Gasteiger partial charge in [0.25, 0.3) is 0 Å². The molecule has 26 heavy (non-hydrogen) atoms. The topological polar surface area (TPSA) is 0 Å². The summed E-state index contributed by atoms with van der Waals surface area (Å²) in [6, 6.07) is 25.0. The molecule has 0 amide bonds. The maximum absolute atomic E-state index is 3.39. The fourth-order valence-corrected chi connectivity index (χ4v) is 2.54. The SMILES string of the molecule is CC(C)=C1[C-]=C(c2ccccc2)C=C1.[Cl-].[Cl-].[Zr+4].c1ccc2[cH-]ccc2c1. The molecule has 0 aliphatic heterocycles. The van der Waals surface area contributed by atoms with Crippen molar-refractivity contribution in [1.29, 1.82) is 0 Å². The van der Waals surface area contributed by atoms with Crippen LogP contribution < -0.4 is 24.8 Å². The molecule has 0 radical (unpaired) electrons. The first kappa shape index (κ1) is 24.7. The molecule has 0 aromatic heterocycles. The van der Waals surface area contributed by atoms with Gasteiger partial charge in [-0.15, -0.1) is 52.4 Å². The molecule has 3 aromatic rings. The fourth-order valence-electron chi connectivity index (χ4n) is 2.54. The van der Waals surface area contributed by atoms with Gasteiger partial charge in [-0.25, -0.2) is 0 Å². The van der Waals surface area contributed by atoms with Crippen molar-refractivity contribution >= 4 is 16.3 Å². The summed E-state index contributed by atoms with van der Waals surface area (Å²) in [7, 11) is 0. The van der Waals surface area contributed by atoms with Crippen molar-refractivity contribution in [2.24, 2.45) is 0 Å². The van der Waals surface area contributed by atoms with Crippen LogP contribution in [0, 0.1) is 6.08 Å². The zero-order valence-electron chi connectivity index (χ0n) is 14.8. The Morgan fingerprint density at radius 1 is 0.808 bits per heavy atom. The quantitative estimate of drug-likeness (QED) is 0.462. The first-order chi connectivity index (χ1) is 11.2. The maximum atomic E-state index is 3.39. The van der Waals surface area contributed by atoms with Gasteiger partial charge in [-0.3, -0.25) is 0 Å². The van der Waals surface area contributed by atoms with Crippen LogP contribution in [-0.4, -0.2) is 0 Å². The summed E-state index contributed by atoms with van der Waals surface area (Å²) in [6.07, 6.45) is 7.64. The summed E-state index contributed by atoms with van der Waals surface area (Å²) in [5, 5.41) is 2.66. The average molecular weight is 459 g/mol. The monoisotopic (exact) mass is 456 g/mol. The van der Waals surface area contributed by atoms with E-state index in [2.05, 4.69) is 98.8 Å². The second-order valence-electron chi connectivity index (χ2n) is 5.81. The van der Waals surface area contributed by atoms with Gasteiger partial charge < -0.3 is 24.8 Å². The normalized spacial score (nSPS) is 11.3. The molecule has 0 atom stereocenters. The Morgan fingerprint density at radius 2 is 1.46 bits per heavy atom. The summed E-state index contributed by atoms with van der Waals surface area (Å²) in [6.45, 7) is 4.22. The van der Waals surface area contributed by atoms with E-state index >= 15 is 0 Å². The molecule has 0 unspecified atom stereocenters.